The van der Waals surface area contributed by atoms with Crippen molar-refractivity contribution in [2.75, 3.05) is 26.2 Å². The third-order valence-electron chi connectivity index (χ3n) is 3.21. The number of nitrogens with one attached hydrogen (secondary N) is 1. The minimum atomic E-state index is 0.694. The summed E-state index contributed by atoms with van der Waals surface area (Å²) in [5.41, 5.74) is 0. The van der Waals surface area contributed by atoms with Crippen molar-refractivity contribution in [3.8, 4) is 0 Å². The molecule has 1 N–H and O–H groups in total. The van der Waals surface area contributed by atoms with Crippen LogP contribution in [-0.4, -0.2) is 37.1 Å². The fraction of sp³-hybridized carbons (Fsp3) is 1.00. The summed E-state index contributed by atoms with van der Waals surface area (Å²) in [5.74, 6) is 0.739. The van der Waals surface area contributed by atoms with Gasteiger partial charge in [-0.1, -0.05) is 27.7 Å². The van der Waals surface area contributed by atoms with Crippen LogP contribution in [0.15, 0.2) is 0 Å². The predicted octanol–water partition coefficient (Wildman–Crippen LogP) is 2.74. The van der Waals surface area contributed by atoms with Crippen LogP contribution in [0.25, 0.3) is 0 Å². The first-order valence-corrected chi connectivity index (χ1v) is 6.62. The van der Waals surface area contributed by atoms with Crippen LogP contribution in [0.3, 0.4) is 0 Å². The Bertz CT molecular complexity index is 136. The van der Waals surface area contributed by atoms with Gasteiger partial charge in [0.2, 0.25) is 0 Å². The second kappa shape index (κ2) is 9.17. The zero-order chi connectivity index (χ0) is 11.7. The third-order valence-corrected chi connectivity index (χ3v) is 3.21. The minimum absolute atomic E-state index is 0.694. The Labute approximate surface area is 96.4 Å². The van der Waals surface area contributed by atoms with Gasteiger partial charge in [-0.3, -0.25) is 0 Å². The van der Waals surface area contributed by atoms with E-state index in [-0.39, 0.29) is 0 Å². The van der Waals surface area contributed by atoms with E-state index in [0.29, 0.717) is 6.04 Å². The second-order valence-corrected chi connectivity index (χ2v) is 4.55. The maximum Gasteiger partial charge on any atom is 0.0104 e. The highest BCUT2D eigenvalue weighted by Gasteiger charge is 2.17. The molecule has 0 aromatic heterocycles. The van der Waals surface area contributed by atoms with Crippen molar-refractivity contribution in [3.05, 3.63) is 0 Å². The lowest BCUT2D eigenvalue weighted by Crippen LogP contribution is -2.41. The Morgan fingerprint density at radius 1 is 1.07 bits per heavy atom. The van der Waals surface area contributed by atoms with Crippen molar-refractivity contribution < 1.29 is 0 Å². The van der Waals surface area contributed by atoms with Gasteiger partial charge in [0, 0.05) is 6.04 Å². The second-order valence-electron chi connectivity index (χ2n) is 4.55. The zero-order valence-corrected chi connectivity index (χ0v) is 11.3. The molecule has 92 valence electrons. The molecule has 0 spiro atoms. The molecule has 0 heterocycles. The largest absolute Gasteiger partial charge is 0.316 e. The molecular weight excluding hydrogens is 184 g/mol. The first-order valence-electron chi connectivity index (χ1n) is 6.62. The van der Waals surface area contributed by atoms with Crippen LogP contribution in [0.5, 0.6) is 0 Å². The zero-order valence-electron chi connectivity index (χ0n) is 11.3. The maximum absolute atomic E-state index is 3.51. The van der Waals surface area contributed by atoms with Crippen LogP contribution in [-0.2, 0) is 0 Å². The standard InChI is InChI=1S/C13H30N2/c1-6-9-14-11-12(4)13(5)15(8-3)10-7-2/h12-14H,6-11H2,1-5H3. The molecule has 15 heavy (non-hydrogen) atoms. The van der Waals surface area contributed by atoms with E-state index in [1.807, 2.05) is 0 Å². The van der Waals surface area contributed by atoms with E-state index in [1.165, 1.54) is 25.9 Å². The van der Waals surface area contributed by atoms with Crippen molar-refractivity contribution in [1.29, 1.82) is 0 Å². The molecule has 0 fully saturated rings. The lowest BCUT2D eigenvalue weighted by atomic mass is 10.0. The Kier molecular flexibility index (Phi) is 9.12. The van der Waals surface area contributed by atoms with Crippen molar-refractivity contribution in [2.24, 2.45) is 5.92 Å². The first kappa shape index (κ1) is 14.9. The van der Waals surface area contributed by atoms with E-state index in [0.717, 1.165) is 19.0 Å². The van der Waals surface area contributed by atoms with Gasteiger partial charge in [-0.2, -0.15) is 0 Å². The molecule has 0 aliphatic heterocycles. The fourth-order valence-corrected chi connectivity index (χ4v) is 1.97. The minimum Gasteiger partial charge on any atom is -0.316 e. The highest BCUT2D eigenvalue weighted by atomic mass is 15.1. The highest BCUT2D eigenvalue weighted by molar-refractivity contribution is 4.73. The normalized spacial score (nSPS) is 15.6. The summed E-state index contributed by atoms with van der Waals surface area (Å²) >= 11 is 0. The fourth-order valence-electron chi connectivity index (χ4n) is 1.97. The van der Waals surface area contributed by atoms with Gasteiger partial charge in [0.25, 0.3) is 0 Å². The summed E-state index contributed by atoms with van der Waals surface area (Å²) in [6, 6.07) is 0.694. The smallest absolute Gasteiger partial charge is 0.0104 e. The molecule has 0 radical (unpaired) electrons. The molecule has 2 unspecified atom stereocenters. The molecule has 2 heteroatoms. The molecule has 2 atom stereocenters. The van der Waals surface area contributed by atoms with Gasteiger partial charge in [-0.15, -0.1) is 0 Å². The van der Waals surface area contributed by atoms with Gasteiger partial charge in [0.05, 0.1) is 0 Å². The Morgan fingerprint density at radius 3 is 2.20 bits per heavy atom. The summed E-state index contributed by atoms with van der Waals surface area (Å²) in [5, 5.41) is 3.51. The van der Waals surface area contributed by atoms with E-state index in [1.54, 1.807) is 0 Å². The number of hydrogen-bond acceptors (Lipinski definition) is 2. The topological polar surface area (TPSA) is 15.3 Å². The molecule has 0 rings (SSSR count). The van der Waals surface area contributed by atoms with Crippen LogP contribution < -0.4 is 5.32 Å². The molecule has 0 aromatic carbocycles. The van der Waals surface area contributed by atoms with E-state index in [2.05, 4.69) is 44.8 Å². The van der Waals surface area contributed by atoms with Gasteiger partial charge in [-0.25, -0.2) is 0 Å². The van der Waals surface area contributed by atoms with E-state index >= 15 is 0 Å². The first-order chi connectivity index (χ1) is 7.17. The van der Waals surface area contributed by atoms with E-state index < -0.39 is 0 Å². The van der Waals surface area contributed by atoms with Gasteiger partial charge < -0.3 is 10.2 Å². The summed E-state index contributed by atoms with van der Waals surface area (Å²) in [6.07, 6.45) is 2.49. The molecule has 0 aliphatic rings. The summed E-state index contributed by atoms with van der Waals surface area (Å²) < 4.78 is 0. The van der Waals surface area contributed by atoms with Gasteiger partial charge in [0.1, 0.15) is 0 Å². The average Bonchev–Trinajstić information content (AvgIpc) is 2.25. The van der Waals surface area contributed by atoms with Gasteiger partial charge in [0.15, 0.2) is 0 Å². The monoisotopic (exact) mass is 214 g/mol. The quantitative estimate of drug-likeness (QED) is 0.594. The van der Waals surface area contributed by atoms with E-state index in [9.17, 15) is 0 Å². The molecule has 0 aliphatic carbocycles. The summed E-state index contributed by atoms with van der Waals surface area (Å²) in [4.78, 5) is 2.58. The summed E-state index contributed by atoms with van der Waals surface area (Å²) in [6.45, 7) is 16.2. The SMILES string of the molecule is CCCNCC(C)C(C)N(CC)CCC. The molecule has 0 amide bonds. The molecular formula is C13H30N2. The Morgan fingerprint density at radius 2 is 1.73 bits per heavy atom. The highest BCUT2D eigenvalue weighted by Crippen LogP contribution is 2.10. The van der Waals surface area contributed by atoms with Crippen LogP contribution in [0, 0.1) is 5.92 Å². The van der Waals surface area contributed by atoms with Crippen molar-refractivity contribution in [1.82, 2.24) is 10.2 Å². The lowest BCUT2D eigenvalue weighted by Gasteiger charge is -2.32. The molecule has 0 bridgehead atoms. The van der Waals surface area contributed by atoms with Crippen molar-refractivity contribution >= 4 is 0 Å². The van der Waals surface area contributed by atoms with Crippen LogP contribution in [0.4, 0.5) is 0 Å². The average molecular weight is 214 g/mol. The summed E-state index contributed by atoms with van der Waals surface area (Å²) in [7, 11) is 0. The van der Waals surface area contributed by atoms with Crippen LogP contribution in [0.1, 0.15) is 47.5 Å². The van der Waals surface area contributed by atoms with Crippen molar-refractivity contribution in [2.45, 2.75) is 53.5 Å². The molecule has 0 saturated carbocycles. The van der Waals surface area contributed by atoms with Gasteiger partial charge >= 0.3 is 0 Å². The predicted molar refractivity (Wildman–Crippen MR) is 69.3 cm³/mol. The Balaban J connectivity index is 3.86. The Hall–Kier alpha value is -0.0800. The van der Waals surface area contributed by atoms with E-state index in [4.69, 9.17) is 0 Å². The molecule has 0 aromatic rings. The lowest BCUT2D eigenvalue weighted by molar-refractivity contribution is 0.167. The maximum atomic E-state index is 3.51. The molecule has 2 nitrogen and oxygen atoms in total. The third kappa shape index (κ3) is 6.16. The van der Waals surface area contributed by atoms with Crippen LogP contribution in [0.2, 0.25) is 0 Å². The number of nitrogens with zero attached hydrogens (tertiary/aromatic N) is 1. The van der Waals surface area contributed by atoms with Gasteiger partial charge in [-0.05, 0) is 51.9 Å². The van der Waals surface area contributed by atoms with Crippen LogP contribution >= 0.6 is 0 Å². The number of rotatable bonds is 9. The van der Waals surface area contributed by atoms with Crippen molar-refractivity contribution in [3.63, 3.8) is 0 Å². The molecule has 0 saturated heterocycles. The number of hydrogen-bond donors (Lipinski definition) is 1.